The molecular weight excluding hydrogens is 775 g/mol. The Labute approximate surface area is 343 Å². The molecule has 3 N–H and O–H groups in total. The maximum atomic E-state index is 15.1. The topological polar surface area (TPSA) is 181 Å². The standard InChI is InChI=1S/C43H44F2N10O5/c1-43(2,60)32-17-35-25(14-36(32)48-41(58)37-5-3-28-13-24(18-46)19-47-55(28)37)22-54(50-35)27-7-10-51(11-8-27)29-9-12-52(23-29)42(59)26-20-53(21-26)30-15-33(44)39(34(45)16-30)31-4-6-38(56)49-40(31)57/h3,5,13-17,19,22,26-27,29,31,60H,4,6-12,20-21,23H2,1-2H3,(H,48,58)(H,49,56,57)/t29-,31-/m1/s1. The molecule has 4 saturated heterocycles. The number of carbonyl (C=O) groups is 4. The highest BCUT2D eigenvalue weighted by atomic mass is 19.1. The van der Waals surface area contributed by atoms with Crippen LogP contribution in [0.3, 0.4) is 0 Å². The fourth-order valence-corrected chi connectivity index (χ4v) is 9.22. The van der Waals surface area contributed by atoms with Gasteiger partial charge < -0.3 is 20.2 Å². The number of benzene rings is 2. The molecular formula is C43H44F2N10O5. The number of rotatable bonds is 8. The maximum absolute atomic E-state index is 15.1. The van der Waals surface area contributed by atoms with Gasteiger partial charge in [-0.1, -0.05) is 0 Å². The number of carbonyl (C=O) groups excluding carboxylic acids is 4. The van der Waals surface area contributed by atoms with E-state index in [2.05, 4.69) is 26.7 Å². The monoisotopic (exact) mass is 818 g/mol. The first-order valence-electron chi connectivity index (χ1n) is 20.3. The van der Waals surface area contributed by atoms with Crippen molar-refractivity contribution in [1.29, 1.82) is 5.26 Å². The van der Waals surface area contributed by atoms with Crippen LogP contribution >= 0.6 is 0 Å². The Morgan fingerprint density at radius 1 is 0.967 bits per heavy atom. The summed E-state index contributed by atoms with van der Waals surface area (Å²) in [6.07, 6.45) is 6.02. The second-order valence-electron chi connectivity index (χ2n) is 16.9. The molecule has 17 heteroatoms. The quantitative estimate of drug-likeness (QED) is 0.192. The predicted molar refractivity (Wildman–Crippen MR) is 215 cm³/mol. The number of likely N-dealkylation sites (tertiary alicyclic amines) is 2. The van der Waals surface area contributed by atoms with E-state index in [0.717, 1.165) is 37.7 Å². The Kier molecular flexibility index (Phi) is 9.87. The zero-order chi connectivity index (χ0) is 42.0. The van der Waals surface area contributed by atoms with Crippen molar-refractivity contribution in [1.82, 2.24) is 34.5 Å². The average Bonchev–Trinajstić information content (AvgIpc) is 3.96. The first-order valence-corrected chi connectivity index (χ1v) is 20.3. The summed E-state index contributed by atoms with van der Waals surface area (Å²) in [6.45, 7) is 6.95. The molecule has 2 atom stereocenters. The Morgan fingerprint density at radius 2 is 1.70 bits per heavy atom. The van der Waals surface area contributed by atoms with Crippen molar-refractivity contribution >= 4 is 51.4 Å². The molecule has 4 fully saturated rings. The van der Waals surface area contributed by atoms with Crippen LogP contribution in [0.1, 0.15) is 85.1 Å². The van der Waals surface area contributed by atoms with E-state index in [9.17, 15) is 29.5 Å². The third-order valence-electron chi connectivity index (χ3n) is 12.5. The number of nitrogens with one attached hydrogen (secondary N) is 2. The van der Waals surface area contributed by atoms with Gasteiger partial charge in [-0.25, -0.2) is 13.3 Å². The van der Waals surface area contributed by atoms with Gasteiger partial charge in [0.2, 0.25) is 17.7 Å². The third kappa shape index (κ3) is 7.23. The minimum absolute atomic E-state index is 0.0186. The van der Waals surface area contributed by atoms with E-state index >= 15 is 8.78 Å². The highest BCUT2D eigenvalue weighted by Gasteiger charge is 2.41. The van der Waals surface area contributed by atoms with Crippen LogP contribution in [0.2, 0.25) is 0 Å². The summed E-state index contributed by atoms with van der Waals surface area (Å²) in [7, 11) is 0. The average molecular weight is 819 g/mol. The SMILES string of the molecule is CC(C)(O)c1cc2nn(C3CCN([C@@H]4CCN(C(=O)C5CN(c6cc(F)c([C@H]7CCC(=O)NC7=O)c(F)c6)C5)C4)CC3)cc2cc1NC(=O)c1ccc2cc(C#N)cnn12. The molecule has 4 aliphatic rings. The molecule has 9 rings (SSSR count). The molecule has 7 heterocycles. The largest absolute Gasteiger partial charge is 0.386 e. The molecule has 15 nitrogen and oxygen atoms in total. The summed E-state index contributed by atoms with van der Waals surface area (Å²) in [6, 6.07) is 13.5. The van der Waals surface area contributed by atoms with Crippen molar-refractivity contribution in [3.63, 3.8) is 0 Å². The second kappa shape index (κ2) is 15.1. The van der Waals surface area contributed by atoms with E-state index < -0.39 is 40.9 Å². The number of hydrogen-bond acceptors (Lipinski definition) is 10. The number of piperidine rings is 2. The van der Waals surface area contributed by atoms with Crippen LogP contribution in [0.25, 0.3) is 16.4 Å². The third-order valence-corrected chi connectivity index (χ3v) is 12.5. The number of halogens is 2. The zero-order valence-electron chi connectivity index (χ0n) is 33.2. The van der Waals surface area contributed by atoms with Crippen molar-refractivity contribution in [3.05, 3.63) is 88.9 Å². The molecule has 310 valence electrons. The van der Waals surface area contributed by atoms with Crippen LogP contribution in [0.5, 0.6) is 0 Å². The highest BCUT2D eigenvalue weighted by Crippen LogP contribution is 2.37. The lowest BCUT2D eigenvalue weighted by molar-refractivity contribution is -0.136. The maximum Gasteiger partial charge on any atom is 0.274 e. The fraction of sp³-hybridized carbons (Fsp3) is 0.419. The Hall–Kier alpha value is -6.25. The highest BCUT2D eigenvalue weighted by molar-refractivity contribution is 6.05. The van der Waals surface area contributed by atoms with E-state index in [0.29, 0.717) is 59.7 Å². The van der Waals surface area contributed by atoms with Gasteiger partial charge in [-0.15, -0.1) is 0 Å². The van der Waals surface area contributed by atoms with Crippen LogP contribution in [0.15, 0.2) is 54.9 Å². The van der Waals surface area contributed by atoms with Gasteiger partial charge in [-0.3, -0.25) is 34.1 Å². The summed E-state index contributed by atoms with van der Waals surface area (Å²) < 4.78 is 33.7. The van der Waals surface area contributed by atoms with Crippen molar-refractivity contribution in [2.24, 2.45) is 5.92 Å². The van der Waals surface area contributed by atoms with E-state index in [4.69, 9.17) is 5.10 Å². The van der Waals surface area contributed by atoms with E-state index in [1.165, 1.54) is 22.8 Å². The molecule has 0 unspecified atom stereocenters. The molecule has 3 aromatic heterocycles. The zero-order valence-corrected chi connectivity index (χ0v) is 33.2. The second-order valence-corrected chi connectivity index (χ2v) is 16.9. The predicted octanol–water partition coefficient (Wildman–Crippen LogP) is 4.21. The molecule has 0 bridgehead atoms. The van der Waals surface area contributed by atoms with Crippen molar-refractivity contribution in [2.75, 3.05) is 49.5 Å². The number of nitriles is 1. The lowest BCUT2D eigenvalue weighted by atomic mass is 9.89. The molecule has 4 aliphatic heterocycles. The van der Waals surface area contributed by atoms with Gasteiger partial charge >= 0.3 is 0 Å². The minimum atomic E-state index is -1.28. The number of aliphatic hydroxyl groups is 1. The molecule has 0 aliphatic carbocycles. The molecule has 5 aromatic rings. The Balaban J connectivity index is 0.798. The number of imide groups is 1. The van der Waals surface area contributed by atoms with Crippen LogP contribution in [0.4, 0.5) is 20.2 Å². The first kappa shape index (κ1) is 39.2. The van der Waals surface area contributed by atoms with Gasteiger partial charge in [-0.2, -0.15) is 15.5 Å². The summed E-state index contributed by atoms with van der Waals surface area (Å²) >= 11 is 0. The van der Waals surface area contributed by atoms with Gasteiger partial charge in [0.25, 0.3) is 5.91 Å². The first-order chi connectivity index (χ1) is 28.7. The number of amides is 4. The lowest BCUT2D eigenvalue weighted by Gasteiger charge is -2.42. The number of fused-ring (bicyclic) bond motifs is 2. The number of nitrogens with zero attached hydrogens (tertiary/aromatic N) is 8. The van der Waals surface area contributed by atoms with Gasteiger partial charge in [0.15, 0.2) is 0 Å². The molecule has 0 spiro atoms. The fourth-order valence-electron chi connectivity index (χ4n) is 9.22. The van der Waals surface area contributed by atoms with Gasteiger partial charge in [0.1, 0.15) is 23.4 Å². The molecule has 0 radical (unpaired) electrons. The number of aromatic nitrogens is 4. The van der Waals surface area contributed by atoms with Crippen LogP contribution in [-0.4, -0.2) is 103 Å². The summed E-state index contributed by atoms with van der Waals surface area (Å²) in [5.74, 6) is -4.54. The molecule has 4 amide bonds. The number of anilines is 2. The van der Waals surface area contributed by atoms with Gasteiger partial charge in [0, 0.05) is 85.8 Å². The van der Waals surface area contributed by atoms with E-state index in [1.54, 1.807) is 36.9 Å². The van der Waals surface area contributed by atoms with Crippen LogP contribution in [0, 0.1) is 28.9 Å². The van der Waals surface area contributed by atoms with Crippen LogP contribution in [-0.2, 0) is 20.0 Å². The number of hydrogen-bond donors (Lipinski definition) is 3. The Morgan fingerprint density at radius 3 is 2.40 bits per heavy atom. The van der Waals surface area contributed by atoms with Crippen molar-refractivity contribution in [2.45, 2.75) is 69.6 Å². The van der Waals surface area contributed by atoms with E-state index in [-0.39, 0.29) is 48.0 Å². The summed E-state index contributed by atoms with van der Waals surface area (Å²) in [5.41, 5.74) is 1.65. The van der Waals surface area contributed by atoms with Gasteiger partial charge in [0.05, 0.1) is 46.3 Å². The van der Waals surface area contributed by atoms with Crippen molar-refractivity contribution < 1.29 is 33.1 Å². The minimum Gasteiger partial charge on any atom is -0.386 e. The Bertz CT molecular complexity index is 2590. The normalized spacial score (nSPS) is 20.7. The van der Waals surface area contributed by atoms with E-state index in [1.807, 2.05) is 27.9 Å². The van der Waals surface area contributed by atoms with Crippen LogP contribution < -0.4 is 15.5 Å². The summed E-state index contributed by atoms with van der Waals surface area (Å²) in [5, 5.41) is 35.4. The van der Waals surface area contributed by atoms with Crippen molar-refractivity contribution in [3.8, 4) is 6.07 Å². The molecule has 0 saturated carbocycles. The lowest BCUT2D eigenvalue weighted by Crippen LogP contribution is -2.55. The molecule has 2 aromatic carbocycles. The smallest absolute Gasteiger partial charge is 0.274 e. The summed E-state index contributed by atoms with van der Waals surface area (Å²) in [4.78, 5) is 56.9. The van der Waals surface area contributed by atoms with Gasteiger partial charge in [-0.05, 0) is 82.0 Å². The molecule has 60 heavy (non-hydrogen) atoms.